The summed E-state index contributed by atoms with van der Waals surface area (Å²) in [4.78, 5) is 16.6. The summed E-state index contributed by atoms with van der Waals surface area (Å²) in [6, 6.07) is 2.72. The summed E-state index contributed by atoms with van der Waals surface area (Å²) < 4.78 is 0. The fourth-order valence-corrected chi connectivity index (χ4v) is 3.92. The van der Waals surface area contributed by atoms with E-state index in [9.17, 15) is 15.2 Å². The van der Waals surface area contributed by atoms with Crippen LogP contribution in [0.4, 0.5) is 0 Å². The molecule has 2 fully saturated rings. The predicted molar refractivity (Wildman–Crippen MR) is 85.1 cm³/mol. The average molecular weight is 307 g/mol. The normalized spacial score (nSPS) is 25.4. The van der Waals surface area contributed by atoms with Crippen LogP contribution in [0.1, 0.15) is 57.8 Å². The minimum atomic E-state index is -0.600. The highest BCUT2D eigenvalue weighted by molar-refractivity contribution is 5.79. The molecule has 1 unspecified atom stereocenters. The van der Waals surface area contributed by atoms with Crippen molar-refractivity contribution in [2.24, 2.45) is 0 Å². The Bertz CT molecular complexity index is 411. The summed E-state index contributed by atoms with van der Waals surface area (Å²) in [5, 5.41) is 18.8. The number of rotatable bonds is 5. The van der Waals surface area contributed by atoms with Crippen LogP contribution in [0.5, 0.6) is 0 Å². The van der Waals surface area contributed by atoms with E-state index in [1.54, 1.807) is 11.9 Å². The smallest absolute Gasteiger partial charge is 0.237 e. The number of piperidine rings is 1. The molecule has 0 aromatic carbocycles. The molecule has 1 aliphatic carbocycles. The molecule has 1 N–H and O–H groups in total. The molecular weight excluding hydrogens is 278 g/mol. The Balaban J connectivity index is 1.99. The van der Waals surface area contributed by atoms with Crippen molar-refractivity contribution in [3.05, 3.63) is 0 Å². The van der Waals surface area contributed by atoms with Crippen LogP contribution < -0.4 is 0 Å². The Morgan fingerprint density at radius 3 is 2.68 bits per heavy atom. The predicted octanol–water partition coefficient (Wildman–Crippen LogP) is 1.91. The zero-order valence-electron chi connectivity index (χ0n) is 13.8. The number of likely N-dealkylation sites (N-methyl/N-ethyl adjacent to an activating group) is 1. The number of nitrogens with zero attached hydrogens (tertiary/aromatic N) is 3. The molecule has 1 saturated carbocycles. The van der Waals surface area contributed by atoms with E-state index in [2.05, 4.69) is 11.0 Å². The summed E-state index contributed by atoms with van der Waals surface area (Å²) >= 11 is 0. The highest BCUT2D eigenvalue weighted by atomic mass is 16.3. The molecule has 0 bridgehead atoms. The van der Waals surface area contributed by atoms with Gasteiger partial charge in [0.2, 0.25) is 5.91 Å². The van der Waals surface area contributed by atoms with Gasteiger partial charge in [-0.25, -0.2) is 0 Å². The lowest BCUT2D eigenvalue weighted by Gasteiger charge is -2.41. The number of likely N-dealkylation sites (tertiary alicyclic amines) is 1. The van der Waals surface area contributed by atoms with Crippen molar-refractivity contribution in [3.8, 4) is 6.07 Å². The zero-order valence-corrected chi connectivity index (χ0v) is 13.8. The van der Waals surface area contributed by atoms with Gasteiger partial charge in [0, 0.05) is 19.7 Å². The van der Waals surface area contributed by atoms with Crippen molar-refractivity contribution in [3.63, 3.8) is 0 Å². The molecule has 2 aliphatic rings. The Morgan fingerprint density at radius 2 is 2.05 bits per heavy atom. The third-order valence-electron chi connectivity index (χ3n) is 5.45. The van der Waals surface area contributed by atoms with E-state index in [-0.39, 0.29) is 12.5 Å². The van der Waals surface area contributed by atoms with Gasteiger partial charge in [-0.05, 0) is 38.6 Å². The number of carbonyl (C=O) groups excluding carboxylic acids is 1. The number of carbonyl (C=O) groups is 1. The Labute approximate surface area is 133 Å². The van der Waals surface area contributed by atoms with E-state index in [1.165, 1.54) is 6.42 Å². The maximum Gasteiger partial charge on any atom is 0.237 e. The van der Waals surface area contributed by atoms with Gasteiger partial charge in [0.05, 0.1) is 12.6 Å². The van der Waals surface area contributed by atoms with Crippen LogP contribution in [0.15, 0.2) is 0 Å². The van der Waals surface area contributed by atoms with Crippen molar-refractivity contribution in [2.45, 2.75) is 69.4 Å². The second-order valence-corrected chi connectivity index (χ2v) is 6.79. The molecular formula is C17H29N3O2. The lowest BCUT2D eigenvalue weighted by atomic mass is 9.81. The van der Waals surface area contributed by atoms with Gasteiger partial charge in [-0.1, -0.05) is 25.7 Å². The van der Waals surface area contributed by atoms with Gasteiger partial charge in [0.15, 0.2) is 0 Å². The first-order chi connectivity index (χ1) is 10.6. The van der Waals surface area contributed by atoms with Crippen LogP contribution in [-0.2, 0) is 4.79 Å². The minimum Gasteiger partial charge on any atom is -0.396 e. The highest BCUT2D eigenvalue weighted by Crippen LogP contribution is 2.32. The summed E-state index contributed by atoms with van der Waals surface area (Å²) in [5.74, 6) is 0.0493. The average Bonchev–Trinajstić information content (AvgIpc) is 2.56. The molecule has 124 valence electrons. The number of nitriles is 1. The summed E-state index contributed by atoms with van der Waals surface area (Å²) in [5.41, 5.74) is -0.600. The Hall–Kier alpha value is -1.12. The van der Waals surface area contributed by atoms with Crippen molar-refractivity contribution < 1.29 is 9.90 Å². The van der Waals surface area contributed by atoms with E-state index in [1.807, 2.05) is 0 Å². The van der Waals surface area contributed by atoms with Crippen LogP contribution in [0.25, 0.3) is 0 Å². The Morgan fingerprint density at radius 1 is 1.32 bits per heavy atom. The van der Waals surface area contributed by atoms with E-state index in [0.717, 1.165) is 57.9 Å². The molecule has 2 rings (SSSR count). The first kappa shape index (κ1) is 17.2. The van der Waals surface area contributed by atoms with Crippen molar-refractivity contribution in [1.29, 1.82) is 5.26 Å². The molecule has 1 aliphatic heterocycles. The van der Waals surface area contributed by atoms with Gasteiger partial charge in [-0.15, -0.1) is 0 Å². The molecule has 1 saturated heterocycles. The molecule has 1 amide bonds. The molecule has 5 heteroatoms. The summed E-state index contributed by atoms with van der Waals surface area (Å²) in [6.45, 7) is 1.47. The largest absolute Gasteiger partial charge is 0.396 e. The highest BCUT2D eigenvalue weighted by Gasteiger charge is 2.39. The van der Waals surface area contributed by atoms with Gasteiger partial charge in [-0.3, -0.25) is 9.69 Å². The van der Waals surface area contributed by atoms with Crippen molar-refractivity contribution in [1.82, 2.24) is 9.80 Å². The number of hydrogen-bond donors (Lipinski definition) is 1. The first-order valence-corrected chi connectivity index (χ1v) is 8.66. The third-order valence-corrected chi connectivity index (χ3v) is 5.45. The van der Waals surface area contributed by atoms with Gasteiger partial charge in [0.1, 0.15) is 5.54 Å². The van der Waals surface area contributed by atoms with Gasteiger partial charge < -0.3 is 10.0 Å². The molecule has 22 heavy (non-hydrogen) atoms. The van der Waals surface area contributed by atoms with E-state index < -0.39 is 5.54 Å². The Kier molecular flexibility index (Phi) is 6.22. The molecule has 1 heterocycles. The number of aliphatic hydroxyl groups is 1. The fourth-order valence-electron chi connectivity index (χ4n) is 3.92. The SMILES string of the molecule is CN(C(=O)CN1CCCCC1CCO)C1(C#N)CCCCC1. The van der Waals surface area contributed by atoms with Crippen molar-refractivity contribution >= 4 is 5.91 Å². The second kappa shape index (κ2) is 7.94. The summed E-state index contributed by atoms with van der Waals surface area (Å²) in [6.07, 6.45) is 8.90. The van der Waals surface area contributed by atoms with Crippen LogP contribution in [-0.4, -0.2) is 59.1 Å². The maximum absolute atomic E-state index is 12.7. The third kappa shape index (κ3) is 3.80. The second-order valence-electron chi connectivity index (χ2n) is 6.79. The summed E-state index contributed by atoms with van der Waals surface area (Å²) in [7, 11) is 1.79. The van der Waals surface area contributed by atoms with Crippen molar-refractivity contribution in [2.75, 3.05) is 26.7 Å². The molecule has 0 aromatic heterocycles. The van der Waals surface area contributed by atoms with Crippen LogP contribution >= 0.6 is 0 Å². The van der Waals surface area contributed by atoms with E-state index >= 15 is 0 Å². The van der Waals surface area contributed by atoms with Gasteiger partial charge >= 0.3 is 0 Å². The van der Waals surface area contributed by atoms with E-state index in [0.29, 0.717) is 12.6 Å². The fraction of sp³-hybridized carbons (Fsp3) is 0.882. The number of amides is 1. The van der Waals surface area contributed by atoms with Crippen LogP contribution in [0.2, 0.25) is 0 Å². The first-order valence-electron chi connectivity index (χ1n) is 8.66. The molecule has 5 nitrogen and oxygen atoms in total. The number of hydrogen-bond acceptors (Lipinski definition) is 4. The molecule has 0 radical (unpaired) electrons. The maximum atomic E-state index is 12.7. The standard InChI is InChI=1S/C17H29N3O2/c1-19(17(14-18)9-4-2-5-10-17)16(22)13-20-11-6-3-7-15(20)8-12-21/h15,21H,2-13H2,1H3. The molecule has 1 atom stereocenters. The van der Waals surface area contributed by atoms with E-state index in [4.69, 9.17) is 0 Å². The quantitative estimate of drug-likeness (QED) is 0.842. The zero-order chi connectivity index (χ0) is 16.0. The number of aliphatic hydroxyl groups excluding tert-OH is 1. The topological polar surface area (TPSA) is 67.6 Å². The lowest BCUT2D eigenvalue weighted by molar-refractivity contribution is -0.137. The van der Waals surface area contributed by atoms with Crippen LogP contribution in [0, 0.1) is 11.3 Å². The monoisotopic (exact) mass is 307 g/mol. The van der Waals surface area contributed by atoms with Crippen LogP contribution in [0.3, 0.4) is 0 Å². The minimum absolute atomic E-state index is 0.0493. The molecule has 0 aromatic rings. The lowest BCUT2D eigenvalue weighted by Crippen LogP contribution is -2.54. The van der Waals surface area contributed by atoms with Gasteiger partial charge in [0.25, 0.3) is 0 Å². The van der Waals surface area contributed by atoms with Gasteiger partial charge in [-0.2, -0.15) is 5.26 Å². The molecule has 0 spiro atoms.